The Kier molecular flexibility index (Phi) is 3.95. The number of hydrogen-bond acceptors (Lipinski definition) is 4. The van der Waals surface area contributed by atoms with E-state index in [1.165, 1.54) is 0 Å². The van der Waals surface area contributed by atoms with Crippen molar-refractivity contribution in [2.75, 3.05) is 23.3 Å². The Hall–Kier alpha value is -2.23. The number of anilines is 2. The highest BCUT2D eigenvalue weighted by molar-refractivity contribution is 5.51. The Morgan fingerprint density at radius 3 is 2.67 bits per heavy atom. The van der Waals surface area contributed by atoms with Crippen LogP contribution in [-0.4, -0.2) is 29.2 Å². The predicted molar refractivity (Wildman–Crippen MR) is 85.9 cm³/mol. The molecular formula is C17H21N3O. The zero-order chi connectivity index (χ0) is 14.7. The molecule has 3 rings (SSSR count). The SMILES string of the molecule is Cc1ccc(NC2CCN(c3ccccn3)CC2)cc1O. The minimum Gasteiger partial charge on any atom is -0.508 e. The molecule has 1 aromatic heterocycles. The lowest BCUT2D eigenvalue weighted by Crippen LogP contribution is -2.39. The van der Waals surface area contributed by atoms with Crippen molar-refractivity contribution in [3.8, 4) is 5.75 Å². The van der Waals surface area contributed by atoms with Crippen LogP contribution >= 0.6 is 0 Å². The molecule has 1 fully saturated rings. The van der Waals surface area contributed by atoms with Crippen LogP contribution in [0, 0.1) is 6.92 Å². The molecular weight excluding hydrogens is 262 g/mol. The number of pyridine rings is 1. The van der Waals surface area contributed by atoms with E-state index in [-0.39, 0.29) is 0 Å². The Labute approximate surface area is 125 Å². The van der Waals surface area contributed by atoms with Gasteiger partial charge in [0, 0.05) is 37.1 Å². The van der Waals surface area contributed by atoms with Gasteiger partial charge in [0.15, 0.2) is 0 Å². The summed E-state index contributed by atoms with van der Waals surface area (Å²) < 4.78 is 0. The zero-order valence-electron chi connectivity index (χ0n) is 12.3. The van der Waals surface area contributed by atoms with E-state index in [4.69, 9.17) is 0 Å². The van der Waals surface area contributed by atoms with Crippen LogP contribution in [0.1, 0.15) is 18.4 Å². The minimum atomic E-state index is 0.353. The molecule has 21 heavy (non-hydrogen) atoms. The van der Waals surface area contributed by atoms with Crippen molar-refractivity contribution < 1.29 is 5.11 Å². The van der Waals surface area contributed by atoms with Gasteiger partial charge in [-0.25, -0.2) is 4.98 Å². The van der Waals surface area contributed by atoms with E-state index in [2.05, 4.69) is 21.3 Å². The van der Waals surface area contributed by atoms with Crippen LogP contribution in [0.25, 0.3) is 0 Å². The van der Waals surface area contributed by atoms with Crippen molar-refractivity contribution >= 4 is 11.5 Å². The van der Waals surface area contributed by atoms with E-state index in [0.29, 0.717) is 11.8 Å². The fraction of sp³-hybridized carbons (Fsp3) is 0.353. The molecule has 2 heterocycles. The number of nitrogens with one attached hydrogen (secondary N) is 1. The summed E-state index contributed by atoms with van der Waals surface area (Å²) in [5, 5.41) is 13.3. The fourth-order valence-electron chi connectivity index (χ4n) is 2.73. The first-order valence-corrected chi connectivity index (χ1v) is 7.44. The number of aromatic hydroxyl groups is 1. The van der Waals surface area contributed by atoms with Crippen molar-refractivity contribution in [3.63, 3.8) is 0 Å². The predicted octanol–water partition coefficient (Wildman–Crippen LogP) is 3.18. The van der Waals surface area contributed by atoms with E-state index >= 15 is 0 Å². The van der Waals surface area contributed by atoms with Crippen LogP contribution in [0.3, 0.4) is 0 Å². The normalized spacial score (nSPS) is 16.0. The maximum atomic E-state index is 9.76. The number of benzene rings is 1. The third-order valence-electron chi connectivity index (χ3n) is 4.05. The van der Waals surface area contributed by atoms with Gasteiger partial charge >= 0.3 is 0 Å². The Morgan fingerprint density at radius 2 is 2.00 bits per heavy atom. The molecule has 110 valence electrons. The standard InChI is InChI=1S/C17H21N3O/c1-13-5-6-15(12-16(13)21)19-14-7-10-20(11-8-14)17-4-2-3-9-18-17/h2-6,9,12,14,19,21H,7-8,10-11H2,1H3. The summed E-state index contributed by atoms with van der Waals surface area (Å²) in [7, 11) is 0. The lowest BCUT2D eigenvalue weighted by Gasteiger charge is -2.33. The molecule has 1 aliphatic heterocycles. The number of aryl methyl sites for hydroxylation is 1. The third kappa shape index (κ3) is 3.27. The summed E-state index contributed by atoms with van der Waals surface area (Å²) in [4.78, 5) is 6.73. The van der Waals surface area contributed by atoms with Gasteiger partial charge in [0.1, 0.15) is 11.6 Å². The first kappa shape index (κ1) is 13.7. The van der Waals surface area contributed by atoms with Crippen LogP contribution < -0.4 is 10.2 Å². The monoisotopic (exact) mass is 283 g/mol. The molecule has 2 aromatic rings. The van der Waals surface area contributed by atoms with Crippen LogP contribution in [0.15, 0.2) is 42.6 Å². The highest BCUT2D eigenvalue weighted by Gasteiger charge is 2.19. The maximum absolute atomic E-state index is 9.76. The molecule has 0 radical (unpaired) electrons. The van der Waals surface area contributed by atoms with Crippen LogP contribution in [0.2, 0.25) is 0 Å². The molecule has 0 aliphatic carbocycles. The molecule has 1 aromatic carbocycles. The first-order chi connectivity index (χ1) is 10.2. The molecule has 0 bridgehead atoms. The van der Waals surface area contributed by atoms with Gasteiger partial charge in [0.2, 0.25) is 0 Å². The first-order valence-electron chi connectivity index (χ1n) is 7.44. The van der Waals surface area contributed by atoms with Crippen molar-refractivity contribution in [1.29, 1.82) is 0 Å². The molecule has 0 atom stereocenters. The number of nitrogens with zero attached hydrogens (tertiary/aromatic N) is 2. The topological polar surface area (TPSA) is 48.4 Å². The smallest absolute Gasteiger partial charge is 0.128 e. The Morgan fingerprint density at radius 1 is 1.19 bits per heavy atom. The van der Waals surface area contributed by atoms with Crippen molar-refractivity contribution in [2.45, 2.75) is 25.8 Å². The Balaban J connectivity index is 1.57. The number of aromatic nitrogens is 1. The summed E-state index contributed by atoms with van der Waals surface area (Å²) in [6.07, 6.45) is 3.99. The lowest BCUT2D eigenvalue weighted by molar-refractivity contribution is 0.471. The zero-order valence-corrected chi connectivity index (χ0v) is 12.3. The molecule has 1 aliphatic rings. The van der Waals surface area contributed by atoms with Gasteiger partial charge in [0.25, 0.3) is 0 Å². The van der Waals surface area contributed by atoms with Crippen molar-refractivity contribution in [3.05, 3.63) is 48.2 Å². The number of phenolic OH excluding ortho intramolecular Hbond substituents is 1. The van der Waals surface area contributed by atoms with E-state index in [0.717, 1.165) is 43.0 Å². The van der Waals surface area contributed by atoms with Crippen molar-refractivity contribution in [2.24, 2.45) is 0 Å². The number of phenols is 1. The van der Waals surface area contributed by atoms with Crippen LogP contribution in [0.5, 0.6) is 5.75 Å². The lowest BCUT2D eigenvalue weighted by atomic mass is 10.0. The van der Waals surface area contributed by atoms with Crippen LogP contribution in [-0.2, 0) is 0 Å². The van der Waals surface area contributed by atoms with Gasteiger partial charge < -0.3 is 15.3 Å². The second-order valence-corrected chi connectivity index (χ2v) is 5.59. The van der Waals surface area contributed by atoms with E-state index < -0.39 is 0 Å². The quantitative estimate of drug-likeness (QED) is 0.908. The average molecular weight is 283 g/mol. The van der Waals surface area contributed by atoms with Crippen molar-refractivity contribution in [1.82, 2.24) is 4.98 Å². The number of piperidine rings is 1. The third-order valence-corrected chi connectivity index (χ3v) is 4.05. The fourth-order valence-corrected chi connectivity index (χ4v) is 2.73. The summed E-state index contributed by atoms with van der Waals surface area (Å²) in [6.45, 7) is 3.92. The van der Waals surface area contributed by atoms with E-state index in [9.17, 15) is 5.11 Å². The summed E-state index contributed by atoms with van der Waals surface area (Å²) >= 11 is 0. The van der Waals surface area contributed by atoms with Gasteiger partial charge in [0.05, 0.1) is 0 Å². The molecule has 4 heteroatoms. The average Bonchev–Trinajstić information content (AvgIpc) is 2.53. The number of rotatable bonds is 3. The van der Waals surface area contributed by atoms with Gasteiger partial charge in [-0.05, 0) is 43.5 Å². The maximum Gasteiger partial charge on any atom is 0.128 e. The highest BCUT2D eigenvalue weighted by atomic mass is 16.3. The molecule has 0 saturated carbocycles. The summed E-state index contributed by atoms with van der Waals surface area (Å²) in [6, 6.07) is 12.3. The van der Waals surface area contributed by atoms with Gasteiger partial charge in [-0.15, -0.1) is 0 Å². The largest absolute Gasteiger partial charge is 0.508 e. The number of hydrogen-bond donors (Lipinski definition) is 2. The summed E-state index contributed by atoms with van der Waals surface area (Å²) in [5.41, 5.74) is 1.90. The molecule has 1 saturated heterocycles. The second kappa shape index (κ2) is 6.04. The van der Waals surface area contributed by atoms with E-state index in [1.807, 2.05) is 37.4 Å². The molecule has 2 N–H and O–H groups in total. The highest BCUT2D eigenvalue weighted by Crippen LogP contribution is 2.24. The van der Waals surface area contributed by atoms with Crippen LogP contribution in [0.4, 0.5) is 11.5 Å². The van der Waals surface area contributed by atoms with Gasteiger partial charge in [-0.2, -0.15) is 0 Å². The molecule has 4 nitrogen and oxygen atoms in total. The molecule has 0 amide bonds. The molecule has 0 unspecified atom stereocenters. The molecule has 0 spiro atoms. The van der Waals surface area contributed by atoms with Gasteiger partial charge in [-0.3, -0.25) is 0 Å². The summed E-state index contributed by atoms with van der Waals surface area (Å²) in [5.74, 6) is 1.41. The Bertz CT molecular complexity index is 592. The van der Waals surface area contributed by atoms with Gasteiger partial charge in [-0.1, -0.05) is 12.1 Å². The minimum absolute atomic E-state index is 0.353. The second-order valence-electron chi connectivity index (χ2n) is 5.59. The van der Waals surface area contributed by atoms with E-state index in [1.54, 1.807) is 6.07 Å².